The molecule has 5 heteroatoms. The normalized spacial score (nSPS) is 39.9. The first-order chi connectivity index (χ1) is 10.1. The van der Waals surface area contributed by atoms with Crippen LogP contribution in [0.15, 0.2) is 0 Å². The number of piperidine rings is 1. The molecule has 21 heavy (non-hydrogen) atoms. The van der Waals surface area contributed by atoms with E-state index >= 15 is 0 Å². The number of amides is 1. The summed E-state index contributed by atoms with van der Waals surface area (Å²) in [6, 6.07) is 0.350. The molecule has 2 aliphatic heterocycles. The number of likely N-dealkylation sites (tertiary alicyclic amines) is 1. The standard InChI is InChI=1S/C16H25NO4/c1-10-8-9-17(12-5-3-2-4-11(10)12)15(18)13-6-7-14(21-13)16(19)20/h10-14H,2-9H2,1H3,(H,19,20)/t10?,11?,12?,13-,14+/m0/s1. The Hall–Kier alpha value is -1.10. The predicted molar refractivity (Wildman–Crippen MR) is 76.8 cm³/mol. The largest absolute Gasteiger partial charge is 0.479 e. The van der Waals surface area contributed by atoms with Crippen molar-refractivity contribution in [1.29, 1.82) is 0 Å². The van der Waals surface area contributed by atoms with Crippen molar-refractivity contribution in [2.24, 2.45) is 11.8 Å². The highest BCUT2D eigenvalue weighted by atomic mass is 16.5. The van der Waals surface area contributed by atoms with E-state index in [1.807, 2.05) is 4.90 Å². The quantitative estimate of drug-likeness (QED) is 0.846. The fourth-order valence-electron chi connectivity index (χ4n) is 4.37. The molecule has 0 aromatic rings. The van der Waals surface area contributed by atoms with Crippen LogP contribution in [-0.4, -0.2) is 46.7 Å². The molecule has 118 valence electrons. The van der Waals surface area contributed by atoms with Gasteiger partial charge in [-0.2, -0.15) is 0 Å². The van der Waals surface area contributed by atoms with Gasteiger partial charge < -0.3 is 14.7 Å². The Morgan fingerprint density at radius 3 is 2.48 bits per heavy atom. The lowest BCUT2D eigenvalue weighted by molar-refractivity contribution is -0.158. The molecule has 5 atom stereocenters. The number of nitrogens with zero attached hydrogens (tertiary/aromatic N) is 1. The summed E-state index contributed by atoms with van der Waals surface area (Å²) in [7, 11) is 0. The summed E-state index contributed by atoms with van der Waals surface area (Å²) < 4.78 is 5.45. The Bertz CT molecular complexity index is 425. The van der Waals surface area contributed by atoms with Gasteiger partial charge >= 0.3 is 5.97 Å². The van der Waals surface area contributed by atoms with Gasteiger partial charge in [-0.1, -0.05) is 19.8 Å². The molecule has 1 aliphatic carbocycles. The highest BCUT2D eigenvalue weighted by Crippen LogP contribution is 2.39. The topological polar surface area (TPSA) is 66.8 Å². The Labute approximate surface area is 125 Å². The highest BCUT2D eigenvalue weighted by Gasteiger charge is 2.43. The first-order valence-corrected chi connectivity index (χ1v) is 8.26. The van der Waals surface area contributed by atoms with Crippen LogP contribution in [0.25, 0.3) is 0 Å². The van der Waals surface area contributed by atoms with Gasteiger partial charge in [-0.05, 0) is 43.9 Å². The van der Waals surface area contributed by atoms with Gasteiger partial charge in [0.2, 0.25) is 0 Å². The van der Waals surface area contributed by atoms with Crippen molar-refractivity contribution in [2.75, 3.05) is 6.54 Å². The van der Waals surface area contributed by atoms with Crippen LogP contribution in [0.5, 0.6) is 0 Å². The van der Waals surface area contributed by atoms with Crippen molar-refractivity contribution in [1.82, 2.24) is 4.90 Å². The van der Waals surface area contributed by atoms with E-state index in [0.717, 1.165) is 19.4 Å². The number of carbonyl (C=O) groups is 2. The lowest BCUT2D eigenvalue weighted by atomic mass is 9.72. The Balaban J connectivity index is 1.68. The monoisotopic (exact) mass is 295 g/mol. The van der Waals surface area contributed by atoms with Gasteiger partial charge in [-0.15, -0.1) is 0 Å². The summed E-state index contributed by atoms with van der Waals surface area (Å²) in [6.07, 6.45) is 5.49. The second-order valence-electron chi connectivity index (χ2n) is 6.84. The third kappa shape index (κ3) is 2.80. The van der Waals surface area contributed by atoms with Gasteiger partial charge in [0, 0.05) is 12.6 Å². The van der Waals surface area contributed by atoms with E-state index in [4.69, 9.17) is 9.84 Å². The van der Waals surface area contributed by atoms with Gasteiger partial charge in [0.05, 0.1) is 0 Å². The van der Waals surface area contributed by atoms with Gasteiger partial charge in [0.1, 0.15) is 6.10 Å². The average molecular weight is 295 g/mol. The lowest BCUT2D eigenvalue weighted by Crippen LogP contribution is -2.55. The zero-order valence-electron chi connectivity index (χ0n) is 12.7. The number of carboxylic acids is 1. The maximum Gasteiger partial charge on any atom is 0.332 e. The van der Waals surface area contributed by atoms with E-state index in [1.165, 1.54) is 19.3 Å². The summed E-state index contributed by atoms with van der Waals surface area (Å²) in [6.45, 7) is 3.11. The number of rotatable bonds is 2. The molecule has 0 radical (unpaired) electrons. The molecular weight excluding hydrogens is 270 g/mol. The molecule has 3 aliphatic rings. The molecule has 1 saturated carbocycles. The van der Waals surface area contributed by atoms with E-state index in [1.54, 1.807) is 0 Å². The molecule has 0 bridgehead atoms. The number of hydrogen-bond acceptors (Lipinski definition) is 3. The number of carbonyl (C=O) groups excluding carboxylic acids is 1. The van der Waals surface area contributed by atoms with Crippen molar-refractivity contribution >= 4 is 11.9 Å². The molecule has 0 aromatic heterocycles. The predicted octanol–water partition coefficient (Wildman–Crippen LogP) is 2.05. The molecule has 0 aromatic carbocycles. The van der Waals surface area contributed by atoms with E-state index in [9.17, 15) is 9.59 Å². The van der Waals surface area contributed by atoms with Crippen molar-refractivity contribution < 1.29 is 19.4 Å². The van der Waals surface area contributed by atoms with E-state index < -0.39 is 18.2 Å². The zero-order chi connectivity index (χ0) is 15.0. The third-order valence-corrected chi connectivity index (χ3v) is 5.59. The van der Waals surface area contributed by atoms with E-state index in [2.05, 4.69) is 6.92 Å². The number of carboxylic acid groups (broad SMARTS) is 1. The molecule has 0 spiro atoms. The lowest BCUT2D eigenvalue weighted by Gasteiger charge is -2.47. The van der Waals surface area contributed by atoms with Gasteiger partial charge in [0.15, 0.2) is 6.10 Å². The molecule has 2 heterocycles. The van der Waals surface area contributed by atoms with Crippen LogP contribution in [0.4, 0.5) is 0 Å². The second kappa shape index (κ2) is 5.95. The van der Waals surface area contributed by atoms with Crippen LogP contribution < -0.4 is 0 Å². The van der Waals surface area contributed by atoms with Gasteiger partial charge in [-0.3, -0.25) is 4.79 Å². The highest BCUT2D eigenvalue weighted by molar-refractivity contribution is 5.83. The van der Waals surface area contributed by atoms with Gasteiger partial charge in [0.25, 0.3) is 5.91 Å². The summed E-state index contributed by atoms with van der Waals surface area (Å²) >= 11 is 0. The van der Waals surface area contributed by atoms with Crippen LogP contribution in [-0.2, 0) is 14.3 Å². The number of fused-ring (bicyclic) bond motifs is 1. The minimum atomic E-state index is -0.951. The zero-order valence-corrected chi connectivity index (χ0v) is 12.7. The minimum Gasteiger partial charge on any atom is -0.479 e. The first kappa shape index (κ1) is 14.8. The number of ether oxygens (including phenoxy) is 1. The Morgan fingerprint density at radius 1 is 1.05 bits per heavy atom. The second-order valence-corrected chi connectivity index (χ2v) is 6.84. The Morgan fingerprint density at radius 2 is 1.76 bits per heavy atom. The SMILES string of the molecule is CC1CCN(C(=O)[C@@H]2CC[C@H](C(=O)O)O2)C2CCCCC12. The first-order valence-electron chi connectivity index (χ1n) is 8.26. The smallest absolute Gasteiger partial charge is 0.332 e. The number of aliphatic carboxylic acids is 1. The molecule has 3 rings (SSSR count). The molecule has 3 fully saturated rings. The molecule has 1 N–H and O–H groups in total. The van der Waals surface area contributed by atoms with Crippen molar-refractivity contribution in [3.63, 3.8) is 0 Å². The fourth-order valence-corrected chi connectivity index (χ4v) is 4.37. The van der Waals surface area contributed by atoms with Crippen LogP contribution in [0.1, 0.15) is 51.9 Å². The van der Waals surface area contributed by atoms with Gasteiger partial charge in [-0.25, -0.2) is 4.79 Å². The van der Waals surface area contributed by atoms with Crippen molar-refractivity contribution in [2.45, 2.75) is 70.1 Å². The summed E-state index contributed by atoms with van der Waals surface area (Å²) in [5.41, 5.74) is 0. The van der Waals surface area contributed by atoms with Crippen LogP contribution in [0.3, 0.4) is 0 Å². The van der Waals surface area contributed by atoms with Crippen LogP contribution in [0, 0.1) is 11.8 Å². The molecule has 3 unspecified atom stereocenters. The summed E-state index contributed by atoms with van der Waals surface area (Å²) in [4.78, 5) is 25.7. The van der Waals surface area contributed by atoms with Crippen LogP contribution >= 0.6 is 0 Å². The fraction of sp³-hybridized carbons (Fsp3) is 0.875. The number of hydrogen-bond donors (Lipinski definition) is 1. The van der Waals surface area contributed by atoms with E-state index in [0.29, 0.717) is 30.7 Å². The maximum absolute atomic E-state index is 12.7. The minimum absolute atomic E-state index is 0.0301. The van der Waals surface area contributed by atoms with Crippen molar-refractivity contribution in [3.8, 4) is 0 Å². The summed E-state index contributed by atoms with van der Waals surface area (Å²) in [5.74, 6) is 0.388. The molecular formula is C16H25NO4. The molecule has 5 nitrogen and oxygen atoms in total. The average Bonchev–Trinajstić information content (AvgIpc) is 2.97. The maximum atomic E-state index is 12.7. The van der Waals surface area contributed by atoms with Crippen molar-refractivity contribution in [3.05, 3.63) is 0 Å². The molecule has 1 amide bonds. The van der Waals surface area contributed by atoms with Crippen LogP contribution in [0.2, 0.25) is 0 Å². The molecule has 2 saturated heterocycles. The van der Waals surface area contributed by atoms with E-state index in [-0.39, 0.29) is 5.91 Å². The summed E-state index contributed by atoms with van der Waals surface area (Å²) in [5, 5.41) is 9.00. The Kier molecular flexibility index (Phi) is 4.20. The third-order valence-electron chi connectivity index (χ3n) is 5.59.